The summed E-state index contributed by atoms with van der Waals surface area (Å²) in [6.45, 7) is 5.15. The van der Waals surface area contributed by atoms with Crippen molar-refractivity contribution >= 4 is 49.8 Å². The van der Waals surface area contributed by atoms with Crippen molar-refractivity contribution in [2.24, 2.45) is 5.92 Å². The van der Waals surface area contributed by atoms with Crippen molar-refractivity contribution in [3.63, 3.8) is 0 Å². The number of nitrogens with two attached hydrogens (primary N) is 1. The van der Waals surface area contributed by atoms with Crippen molar-refractivity contribution in [1.29, 1.82) is 0 Å². The minimum absolute atomic E-state index is 0.0764. The maximum absolute atomic E-state index is 12.3. The van der Waals surface area contributed by atoms with E-state index in [1.165, 1.54) is 11.3 Å². The number of nitrogens with one attached hydrogen (secondary N) is 1. The third-order valence-corrected chi connectivity index (χ3v) is 6.03. The molecule has 0 unspecified atom stereocenters. The van der Waals surface area contributed by atoms with Gasteiger partial charge in [-0.25, -0.2) is 4.79 Å². The maximum Gasteiger partial charge on any atom is 0.326 e. The van der Waals surface area contributed by atoms with Gasteiger partial charge in [-0.1, -0.05) is 20.8 Å². The predicted octanol–water partition coefficient (Wildman–Crippen LogP) is 1.79. The van der Waals surface area contributed by atoms with E-state index in [-0.39, 0.29) is 28.9 Å². The number of hydrogen-bond donors (Lipinski definition) is 3. The monoisotopic (exact) mass is 418 g/mol. The van der Waals surface area contributed by atoms with Crippen LogP contribution in [0, 0.1) is 5.92 Å². The molecule has 0 aliphatic heterocycles. The lowest BCUT2D eigenvalue weighted by Gasteiger charge is -2.17. The number of thiophene rings is 1. The molecule has 0 aliphatic rings. The molecular formula is C20H22N2O6S. The van der Waals surface area contributed by atoms with Gasteiger partial charge in [0.2, 0.25) is 10.9 Å². The molecule has 154 valence electrons. The van der Waals surface area contributed by atoms with Crippen molar-refractivity contribution < 1.29 is 19.4 Å². The molecule has 29 heavy (non-hydrogen) atoms. The highest BCUT2D eigenvalue weighted by atomic mass is 32.1. The number of nitrogen functional groups attached to an aromatic ring is 1. The lowest BCUT2D eigenvalue weighted by atomic mass is 10.0. The van der Waals surface area contributed by atoms with Crippen LogP contribution in [0.4, 0.5) is 5.69 Å². The number of aryl methyl sites for hydroxylation is 1. The van der Waals surface area contributed by atoms with Crippen molar-refractivity contribution in [1.82, 2.24) is 5.32 Å². The van der Waals surface area contributed by atoms with Crippen molar-refractivity contribution in [2.45, 2.75) is 39.7 Å². The third-order valence-electron chi connectivity index (χ3n) is 4.74. The molecule has 0 saturated heterocycles. The Balaban J connectivity index is 1.92. The van der Waals surface area contributed by atoms with E-state index < -0.39 is 35.4 Å². The molecular weight excluding hydrogens is 396 g/mol. The second kappa shape index (κ2) is 7.82. The van der Waals surface area contributed by atoms with Gasteiger partial charge in [-0.3, -0.25) is 14.4 Å². The highest BCUT2D eigenvalue weighted by molar-refractivity contribution is 7.20. The van der Waals surface area contributed by atoms with E-state index in [2.05, 4.69) is 5.32 Å². The summed E-state index contributed by atoms with van der Waals surface area (Å²) in [5.41, 5.74) is 5.40. The first kappa shape index (κ1) is 20.8. The summed E-state index contributed by atoms with van der Waals surface area (Å²) in [6, 6.07) is 0.593. The van der Waals surface area contributed by atoms with E-state index >= 15 is 0 Å². The first-order chi connectivity index (χ1) is 13.6. The number of aliphatic carboxylic acids is 1. The zero-order valence-electron chi connectivity index (χ0n) is 16.3. The molecule has 2 aromatic carbocycles. The lowest BCUT2D eigenvalue weighted by Crippen LogP contribution is -2.43. The number of carbonyl (C=O) groups is 2. The van der Waals surface area contributed by atoms with Crippen LogP contribution in [0.25, 0.3) is 20.9 Å². The van der Waals surface area contributed by atoms with Gasteiger partial charge in [0.05, 0.1) is 16.5 Å². The fraction of sp³-hybridized carbons (Fsp3) is 0.400. The van der Waals surface area contributed by atoms with Crippen LogP contribution in [0.2, 0.25) is 0 Å². The molecule has 3 aromatic rings. The lowest BCUT2D eigenvalue weighted by molar-refractivity contribution is -0.142. The molecule has 0 saturated carbocycles. The number of carbonyl (C=O) groups excluding carboxylic acids is 1. The number of ether oxygens (including phenoxy) is 1. The van der Waals surface area contributed by atoms with Gasteiger partial charge in [-0.05, 0) is 24.8 Å². The summed E-state index contributed by atoms with van der Waals surface area (Å²) in [7, 11) is 0. The van der Waals surface area contributed by atoms with E-state index in [0.717, 1.165) is 4.88 Å². The Morgan fingerprint density at radius 2 is 1.93 bits per heavy atom. The van der Waals surface area contributed by atoms with Crippen molar-refractivity contribution in [2.75, 3.05) is 12.3 Å². The Labute approximate surface area is 170 Å². The van der Waals surface area contributed by atoms with Gasteiger partial charge in [0.15, 0.2) is 6.61 Å². The number of anilines is 1. The van der Waals surface area contributed by atoms with Crippen LogP contribution in [0.5, 0.6) is 5.75 Å². The molecule has 3 rings (SSSR count). The maximum atomic E-state index is 12.3. The number of hydrogen-bond acceptors (Lipinski definition) is 7. The number of fused-ring (bicyclic) bond motifs is 2. The molecule has 1 amide bonds. The second-order valence-corrected chi connectivity index (χ2v) is 8.47. The molecule has 1 aromatic heterocycles. The normalized spacial score (nSPS) is 12.7. The number of carboxylic acid groups (broad SMARTS) is 1. The molecule has 1 atom stereocenters. The summed E-state index contributed by atoms with van der Waals surface area (Å²) in [4.78, 5) is 48.5. The zero-order chi connectivity index (χ0) is 21.5. The van der Waals surface area contributed by atoms with Crippen LogP contribution in [-0.2, 0) is 16.0 Å². The minimum atomic E-state index is -1.13. The van der Waals surface area contributed by atoms with Gasteiger partial charge in [0.1, 0.15) is 11.8 Å². The SMILES string of the molecule is CCc1sc2cc3c(=O)c(=O)c3c(OCC(=O)N[C@@H](CC(C)C)C(=O)O)c2c1N. The molecule has 0 radical (unpaired) electrons. The van der Waals surface area contributed by atoms with E-state index in [9.17, 15) is 24.3 Å². The Hall–Kier alpha value is -2.94. The summed E-state index contributed by atoms with van der Waals surface area (Å²) in [5.74, 6) is -1.57. The highest BCUT2D eigenvalue weighted by Gasteiger charge is 2.26. The fourth-order valence-corrected chi connectivity index (χ4v) is 4.45. The molecule has 8 nitrogen and oxygen atoms in total. The molecule has 4 N–H and O–H groups in total. The van der Waals surface area contributed by atoms with Crippen molar-refractivity contribution in [3.8, 4) is 5.75 Å². The van der Waals surface area contributed by atoms with Crippen LogP contribution in [0.3, 0.4) is 0 Å². The topological polar surface area (TPSA) is 136 Å². The van der Waals surface area contributed by atoms with Crippen LogP contribution < -0.4 is 26.6 Å². The first-order valence-corrected chi connectivity index (χ1v) is 10.1. The van der Waals surface area contributed by atoms with Gasteiger partial charge in [-0.15, -0.1) is 11.3 Å². The van der Waals surface area contributed by atoms with Crippen LogP contribution >= 0.6 is 11.3 Å². The standard InChI is InChI=1S/C20H22N2O6S/c1-4-11-16(21)15-12(29-11)6-9-14(18(25)17(9)24)19(15)28-7-13(23)22-10(20(26)27)5-8(2)3/h6,8,10H,4-5,7,21H2,1-3H3,(H,22,23)(H,26,27)/t10-/m0/s1. The summed E-state index contributed by atoms with van der Waals surface area (Å²) in [5, 5.41) is 12.6. The van der Waals surface area contributed by atoms with E-state index in [0.29, 0.717) is 22.2 Å². The zero-order valence-corrected chi connectivity index (χ0v) is 17.1. The molecule has 0 spiro atoms. The van der Waals surface area contributed by atoms with Crippen LogP contribution in [0.1, 0.15) is 32.1 Å². The van der Waals surface area contributed by atoms with Gasteiger partial charge < -0.3 is 20.9 Å². The van der Waals surface area contributed by atoms with Gasteiger partial charge >= 0.3 is 5.97 Å². The van der Waals surface area contributed by atoms with E-state index in [4.69, 9.17) is 10.5 Å². The second-order valence-electron chi connectivity index (χ2n) is 7.33. The van der Waals surface area contributed by atoms with E-state index in [1.807, 2.05) is 20.8 Å². The molecule has 0 fully saturated rings. The smallest absolute Gasteiger partial charge is 0.326 e. The Morgan fingerprint density at radius 1 is 1.24 bits per heavy atom. The first-order valence-electron chi connectivity index (χ1n) is 9.27. The van der Waals surface area contributed by atoms with Gasteiger partial charge in [0.25, 0.3) is 5.91 Å². The van der Waals surface area contributed by atoms with Gasteiger partial charge in [0, 0.05) is 15.0 Å². The van der Waals surface area contributed by atoms with Crippen LogP contribution in [0.15, 0.2) is 15.7 Å². The molecule has 1 heterocycles. The Bertz CT molecular complexity index is 1190. The van der Waals surface area contributed by atoms with Gasteiger partial charge in [-0.2, -0.15) is 0 Å². The van der Waals surface area contributed by atoms with Crippen LogP contribution in [-0.4, -0.2) is 29.6 Å². The number of rotatable bonds is 8. The Morgan fingerprint density at radius 3 is 2.52 bits per heavy atom. The number of amides is 1. The Kier molecular flexibility index (Phi) is 5.61. The average molecular weight is 418 g/mol. The minimum Gasteiger partial charge on any atom is -0.482 e. The van der Waals surface area contributed by atoms with Crippen molar-refractivity contribution in [3.05, 3.63) is 31.4 Å². The highest BCUT2D eigenvalue weighted by Crippen LogP contribution is 2.43. The van der Waals surface area contributed by atoms with E-state index in [1.54, 1.807) is 6.07 Å². The summed E-state index contributed by atoms with van der Waals surface area (Å²) < 4.78 is 6.34. The molecule has 0 aliphatic carbocycles. The quantitative estimate of drug-likeness (QED) is 0.475. The largest absolute Gasteiger partial charge is 0.482 e. The third kappa shape index (κ3) is 3.69. The predicted molar refractivity (Wildman–Crippen MR) is 113 cm³/mol. The number of benzene rings is 1. The summed E-state index contributed by atoms with van der Waals surface area (Å²) >= 11 is 1.41. The average Bonchev–Trinajstić information content (AvgIpc) is 2.99. The fourth-order valence-electron chi connectivity index (χ4n) is 3.35. The number of carboxylic acids is 1. The summed E-state index contributed by atoms with van der Waals surface area (Å²) in [6.07, 6.45) is 0.948. The molecule has 9 heteroatoms. The molecule has 0 bridgehead atoms.